The summed E-state index contributed by atoms with van der Waals surface area (Å²) in [5.74, 6) is -1.27. The number of carboxylic acids is 1. The van der Waals surface area contributed by atoms with E-state index in [1.807, 2.05) is 24.3 Å². The number of ether oxygens (including phenoxy) is 1. The van der Waals surface area contributed by atoms with E-state index < -0.39 is 12.1 Å². The molecule has 1 aliphatic heterocycles. The summed E-state index contributed by atoms with van der Waals surface area (Å²) in [6.07, 6.45) is -0.136. The summed E-state index contributed by atoms with van der Waals surface area (Å²) in [4.78, 5) is 24.2. The number of carbonyl (C=O) groups excluding carboxylic acids is 1. The van der Waals surface area contributed by atoms with Gasteiger partial charge in [-0.3, -0.25) is 4.79 Å². The lowest BCUT2D eigenvalue weighted by atomic mass is 10.2. The van der Waals surface area contributed by atoms with Gasteiger partial charge in [-0.25, -0.2) is 4.79 Å². The van der Waals surface area contributed by atoms with Crippen molar-refractivity contribution in [3.05, 3.63) is 29.8 Å². The fourth-order valence-electron chi connectivity index (χ4n) is 1.94. The Morgan fingerprint density at radius 1 is 1.44 bits per heavy atom. The molecule has 1 aromatic carbocycles. The molecule has 0 saturated heterocycles. The zero-order valence-corrected chi connectivity index (χ0v) is 10.1. The maximum Gasteiger partial charge on any atom is 0.332 e. The average molecular weight is 249 g/mol. The molecule has 2 rings (SSSR count). The monoisotopic (exact) mass is 249 g/mol. The maximum absolute atomic E-state index is 11.9. The number of hydrogen-bond acceptors (Lipinski definition) is 3. The molecule has 1 aromatic rings. The Labute approximate surface area is 105 Å². The minimum absolute atomic E-state index is 0.201. The van der Waals surface area contributed by atoms with Gasteiger partial charge < -0.3 is 14.7 Å². The third-order valence-electron chi connectivity index (χ3n) is 2.99. The van der Waals surface area contributed by atoms with Crippen molar-refractivity contribution in [2.24, 2.45) is 0 Å². The van der Waals surface area contributed by atoms with Gasteiger partial charge in [-0.15, -0.1) is 0 Å². The van der Waals surface area contributed by atoms with Crippen molar-refractivity contribution in [3.63, 3.8) is 0 Å². The highest BCUT2D eigenvalue weighted by atomic mass is 16.5. The molecular weight excluding hydrogens is 234 g/mol. The predicted molar refractivity (Wildman–Crippen MR) is 65.5 cm³/mol. The van der Waals surface area contributed by atoms with Gasteiger partial charge in [-0.1, -0.05) is 18.2 Å². The van der Waals surface area contributed by atoms with E-state index in [1.54, 1.807) is 4.90 Å². The minimum atomic E-state index is -1.07. The van der Waals surface area contributed by atoms with Crippen LogP contribution in [0.25, 0.3) is 0 Å². The fourth-order valence-corrected chi connectivity index (χ4v) is 1.94. The van der Waals surface area contributed by atoms with Crippen molar-refractivity contribution in [2.75, 3.05) is 18.1 Å². The van der Waals surface area contributed by atoms with Crippen LogP contribution in [0.4, 0.5) is 5.69 Å². The number of para-hydroxylation sites is 1. The minimum Gasteiger partial charge on any atom is -0.479 e. The number of carboxylic acid groups (broad SMARTS) is 1. The van der Waals surface area contributed by atoms with E-state index in [2.05, 4.69) is 0 Å². The molecule has 0 spiro atoms. The highest BCUT2D eigenvalue weighted by Gasteiger charge is 2.25. The summed E-state index contributed by atoms with van der Waals surface area (Å²) in [5.41, 5.74) is 2.03. The van der Waals surface area contributed by atoms with Gasteiger partial charge in [-0.05, 0) is 25.0 Å². The molecule has 5 heteroatoms. The number of fused-ring (bicyclic) bond motifs is 1. The van der Waals surface area contributed by atoms with Crippen LogP contribution in [0.5, 0.6) is 0 Å². The van der Waals surface area contributed by atoms with Gasteiger partial charge in [0.15, 0.2) is 6.10 Å². The van der Waals surface area contributed by atoms with Gasteiger partial charge in [0.05, 0.1) is 0 Å². The molecule has 96 valence electrons. The fraction of sp³-hybridized carbons (Fsp3) is 0.385. The van der Waals surface area contributed by atoms with Crippen LogP contribution in [0.2, 0.25) is 0 Å². The van der Waals surface area contributed by atoms with Gasteiger partial charge in [0.1, 0.15) is 6.61 Å². The molecule has 0 unspecified atom stereocenters. The Morgan fingerprint density at radius 2 is 2.17 bits per heavy atom. The van der Waals surface area contributed by atoms with E-state index in [-0.39, 0.29) is 12.5 Å². The number of aliphatic carboxylic acids is 1. The number of anilines is 1. The molecule has 18 heavy (non-hydrogen) atoms. The molecule has 0 aromatic heterocycles. The number of rotatable bonds is 4. The van der Waals surface area contributed by atoms with Crippen LogP contribution < -0.4 is 4.90 Å². The Bertz CT molecular complexity index is 472. The van der Waals surface area contributed by atoms with Crippen molar-refractivity contribution >= 4 is 17.6 Å². The third kappa shape index (κ3) is 2.51. The van der Waals surface area contributed by atoms with Crippen molar-refractivity contribution in [3.8, 4) is 0 Å². The summed E-state index contributed by atoms with van der Waals surface area (Å²) in [6, 6.07) is 7.70. The van der Waals surface area contributed by atoms with Crippen molar-refractivity contribution < 1.29 is 19.4 Å². The van der Waals surface area contributed by atoms with Crippen LogP contribution in [-0.4, -0.2) is 36.2 Å². The van der Waals surface area contributed by atoms with Gasteiger partial charge in [0, 0.05) is 12.2 Å². The van der Waals surface area contributed by atoms with Gasteiger partial charge in [0.25, 0.3) is 5.91 Å². The molecule has 0 bridgehead atoms. The van der Waals surface area contributed by atoms with E-state index >= 15 is 0 Å². The summed E-state index contributed by atoms with van der Waals surface area (Å²) in [6.45, 7) is 1.83. The van der Waals surface area contributed by atoms with Crippen LogP contribution in [0.15, 0.2) is 24.3 Å². The zero-order valence-electron chi connectivity index (χ0n) is 10.1. The highest BCUT2D eigenvalue weighted by molar-refractivity contribution is 5.96. The van der Waals surface area contributed by atoms with Crippen molar-refractivity contribution in [1.82, 2.24) is 0 Å². The Morgan fingerprint density at radius 3 is 2.89 bits per heavy atom. The predicted octanol–water partition coefficient (Wildman–Crippen LogP) is 1.07. The van der Waals surface area contributed by atoms with E-state index in [4.69, 9.17) is 9.84 Å². The van der Waals surface area contributed by atoms with Crippen molar-refractivity contribution in [1.29, 1.82) is 0 Å². The first-order chi connectivity index (χ1) is 8.59. The van der Waals surface area contributed by atoms with E-state index in [9.17, 15) is 9.59 Å². The van der Waals surface area contributed by atoms with Crippen LogP contribution in [-0.2, 0) is 20.7 Å². The Kier molecular flexibility index (Phi) is 3.62. The normalized spacial score (nSPS) is 15.3. The van der Waals surface area contributed by atoms with Crippen molar-refractivity contribution in [2.45, 2.75) is 19.4 Å². The number of carbonyl (C=O) groups is 2. The lowest BCUT2D eigenvalue weighted by Crippen LogP contribution is -2.34. The second-order valence-corrected chi connectivity index (χ2v) is 4.22. The summed E-state index contributed by atoms with van der Waals surface area (Å²) >= 11 is 0. The number of benzene rings is 1. The molecule has 0 radical (unpaired) electrons. The van der Waals surface area contributed by atoms with Crippen LogP contribution in [0.3, 0.4) is 0 Å². The zero-order chi connectivity index (χ0) is 13.1. The van der Waals surface area contributed by atoms with Gasteiger partial charge in [0.2, 0.25) is 0 Å². The summed E-state index contributed by atoms with van der Waals surface area (Å²) in [7, 11) is 0. The first-order valence-corrected chi connectivity index (χ1v) is 5.82. The molecule has 0 fully saturated rings. The van der Waals surface area contributed by atoms with E-state index in [1.165, 1.54) is 6.92 Å². The van der Waals surface area contributed by atoms with Gasteiger partial charge in [-0.2, -0.15) is 0 Å². The lowest BCUT2D eigenvalue weighted by Gasteiger charge is -2.18. The third-order valence-corrected chi connectivity index (χ3v) is 2.99. The number of amides is 1. The van der Waals surface area contributed by atoms with Gasteiger partial charge >= 0.3 is 5.97 Å². The second-order valence-electron chi connectivity index (χ2n) is 4.22. The first-order valence-electron chi connectivity index (χ1n) is 5.82. The Balaban J connectivity index is 1.97. The number of hydrogen-bond donors (Lipinski definition) is 1. The maximum atomic E-state index is 11.9. The lowest BCUT2D eigenvalue weighted by molar-refractivity contribution is -0.150. The summed E-state index contributed by atoms with van der Waals surface area (Å²) in [5, 5.41) is 8.67. The largest absolute Gasteiger partial charge is 0.479 e. The van der Waals surface area contributed by atoms with Crippen LogP contribution in [0, 0.1) is 0 Å². The second kappa shape index (κ2) is 5.18. The molecule has 1 N–H and O–H groups in total. The first kappa shape index (κ1) is 12.6. The van der Waals surface area contributed by atoms with Crippen LogP contribution in [0.1, 0.15) is 12.5 Å². The molecular formula is C13H15NO4. The molecule has 0 saturated carbocycles. The SMILES string of the molecule is C[C@@H](OCC(=O)N1CCc2ccccc21)C(=O)O. The molecule has 1 heterocycles. The number of nitrogens with zero attached hydrogens (tertiary/aromatic N) is 1. The van der Waals surface area contributed by atoms with E-state index in [0.717, 1.165) is 17.7 Å². The molecule has 5 nitrogen and oxygen atoms in total. The Hall–Kier alpha value is -1.88. The molecule has 1 amide bonds. The summed E-state index contributed by atoms with van der Waals surface area (Å²) < 4.78 is 5.00. The molecule has 1 aliphatic rings. The average Bonchev–Trinajstić information content (AvgIpc) is 2.79. The topological polar surface area (TPSA) is 66.8 Å². The van der Waals surface area contributed by atoms with Crippen LogP contribution >= 0.6 is 0 Å². The smallest absolute Gasteiger partial charge is 0.332 e. The standard InChI is InChI=1S/C13H15NO4/c1-9(13(16)17)18-8-12(15)14-7-6-10-4-2-3-5-11(10)14/h2-5,9H,6-8H2,1H3,(H,16,17)/t9-/m1/s1. The quantitative estimate of drug-likeness (QED) is 0.866. The molecule has 1 atom stereocenters. The molecule has 0 aliphatic carbocycles. The highest BCUT2D eigenvalue weighted by Crippen LogP contribution is 2.27. The van der Waals surface area contributed by atoms with E-state index in [0.29, 0.717) is 6.54 Å².